The lowest BCUT2D eigenvalue weighted by atomic mass is 9.96. The number of benzene rings is 5. The quantitative estimate of drug-likeness (QED) is 0.203. The van der Waals surface area contributed by atoms with E-state index in [2.05, 4.69) is 109 Å². The second kappa shape index (κ2) is 12.1. The summed E-state index contributed by atoms with van der Waals surface area (Å²) in [6, 6.07) is 40.5. The van der Waals surface area contributed by atoms with Crippen molar-refractivity contribution in [3.63, 3.8) is 0 Å². The maximum Gasteiger partial charge on any atom is 0.120 e. The van der Waals surface area contributed by atoms with E-state index >= 15 is 0 Å². The molecule has 1 aliphatic rings. The lowest BCUT2D eigenvalue weighted by Crippen LogP contribution is -2.23. The highest BCUT2D eigenvalue weighted by molar-refractivity contribution is 7.98. The molecule has 0 radical (unpaired) electrons. The van der Waals surface area contributed by atoms with Crippen LogP contribution in [0.25, 0.3) is 21.9 Å². The third-order valence-electron chi connectivity index (χ3n) is 7.20. The molecule has 0 saturated carbocycles. The molecule has 0 aliphatic carbocycles. The van der Waals surface area contributed by atoms with Crippen molar-refractivity contribution < 1.29 is 14.6 Å². The van der Waals surface area contributed by atoms with Crippen LogP contribution in [0.15, 0.2) is 120 Å². The summed E-state index contributed by atoms with van der Waals surface area (Å²) >= 11 is 1.85. The number of aliphatic hydroxyl groups is 1. The van der Waals surface area contributed by atoms with Gasteiger partial charge in [0.2, 0.25) is 0 Å². The van der Waals surface area contributed by atoms with Crippen molar-refractivity contribution in [2.45, 2.75) is 42.3 Å². The molecule has 4 heteroatoms. The maximum atomic E-state index is 10.0. The first-order chi connectivity index (χ1) is 19.2. The average Bonchev–Trinajstić information content (AvgIpc) is 2.99. The highest BCUT2D eigenvalue weighted by Crippen LogP contribution is 2.35. The molecular formula is C35H32O3S. The van der Waals surface area contributed by atoms with Crippen LogP contribution in [0, 0.1) is 0 Å². The molecule has 0 bridgehead atoms. The number of aliphatic hydroxyl groups excluding tert-OH is 1. The van der Waals surface area contributed by atoms with Crippen molar-refractivity contribution >= 4 is 22.5 Å². The second-order valence-corrected chi connectivity index (χ2v) is 11.1. The van der Waals surface area contributed by atoms with Gasteiger partial charge in [0, 0.05) is 23.7 Å². The van der Waals surface area contributed by atoms with Crippen LogP contribution in [0.4, 0.5) is 0 Å². The Bertz CT molecular complexity index is 1530. The van der Waals surface area contributed by atoms with E-state index in [1.807, 2.05) is 17.8 Å². The van der Waals surface area contributed by atoms with Gasteiger partial charge in [0.1, 0.15) is 12.4 Å². The van der Waals surface area contributed by atoms with Gasteiger partial charge in [-0.1, -0.05) is 78.9 Å². The van der Waals surface area contributed by atoms with Gasteiger partial charge in [0.25, 0.3) is 0 Å². The molecule has 1 heterocycles. The minimum absolute atomic E-state index is 0.0575. The van der Waals surface area contributed by atoms with Crippen molar-refractivity contribution in [3.05, 3.63) is 132 Å². The van der Waals surface area contributed by atoms with Crippen LogP contribution >= 0.6 is 11.8 Å². The zero-order valence-corrected chi connectivity index (χ0v) is 22.6. The van der Waals surface area contributed by atoms with Gasteiger partial charge >= 0.3 is 0 Å². The molecule has 0 spiro atoms. The van der Waals surface area contributed by atoms with Gasteiger partial charge < -0.3 is 14.6 Å². The number of thioether (sulfide) groups is 1. The minimum atomic E-state index is -0.294. The number of hydrogen-bond donors (Lipinski definition) is 1. The fourth-order valence-corrected chi connectivity index (χ4v) is 6.03. The standard InChI is InChI=1S/C35H32O3S/c36-30-16-17-37-35(22-30)28-11-7-8-25(18-28)23-38-31-14-15-33-29(21-31)19-26(24-39-32-12-5-2-6-13-32)20-34(33)27-9-3-1-4-10-27/h1-15,18-21,30,35-36H,16-17,22-24H2. The van der Waals surface area contributed by atoms with Gasteiger partial charge in [0.15, 0.2) is 0 Å². The zero-order chi connectivity index (χ0) is 26.4. The average molecular weight is 533 g/mol. The molecule has 2 atom stereocenters. The topological polar surface area (TPSA) is 38.7 Å². The van der Waals surface area contributed by atoms with E-state index in [0.717, 1.165) is 22.6 Å². The maximum absolute atomic E-state index is 10.0. The van der Waals surface area contributed by atoms with Crippen molar-refractivity contribution in [1.29, 1.82) is 0 Å². The zero-order valence-electron chi connectivity index (χ0n) is 21.8. The molecule has 196 valence electrons. The third-order valence-corrected chi connectivity index (χ3v) is 8.29. The fraction of sp³-hybridized carbons (Fsp3) is 0.200. The molecule has 0 amide bonds. The van der Waals surface area contributed by atoms with E-state index < -0.39 is 0 Å². The van der Waals surface area contributed by atoms with Crippen molar-refractivity contribution in [3.8, 4) is 16.9 Å². The molecule has 0 aromatic heterocycles. The van der Waals surface area contributed by atoms with Crippen LogP contribution in [0.5, 0.6) is 5.75 Å². The Kier molecular flexibility index (Phi) is 7.96. The summed E-state index contributed by atoms with van der Waals surface area (Å²) < 4.78 is 12.2. The predicted molar refractivity (Wildman–Crippen MR) is 160 cm³/mol. The fourth-order valence-electron chi connectivity index (χ4n) is 5.18. The summed E-state index contributed by atoms with van der Waals surface area (Å²) in [6.07, 6.45) is 1.000. The van der Waals surface area contributed by atoms with E-state index in [4.69, 9.17) is 9.47 Å². The van der Waals surface area contributed by atoms with Gasteiger partial charge in [-0.3, -0.25) is 0 Å². The Hall–Kier alpha value is -3.57. The van der Waals surface area contributed by atoms with Crippen LogP contribution in [0.1, 0.15) is 35.6 Å². The van der Waals surface area contributed by atoms with Crippen LogP contribution in [-0.4, -0.2) is 17.8 Å². The number of ether oxygens (including phenoxy) is 2. The first kappa shape index (κ1) is 25.7. The molecule has 2 unspecified atom stereocenters. The Morgan fingerprint density at radius 2 is 1.62 bits per heavy atom. The second-order valence-electron chi connectivity index (χ2n) is 10.1. The first-order valence-corrected chi connectivity index (χ1v) is 14.5. The highest BCUT2D eigenvalue weighted by Gasteiger charge is 2.22. The summed E-state index contributed by atoms with van der Waals surface area (Å²) in [5, 5.41) is 12.4. The van der Waals surface area contributed by atoms with Crippen molar-refractivity contribution in [1.82, 2.24) is 0 Å². The number of hydrogen-bond acceptors (Lipinski definition) is 4. The van der Waals surface area contributed by atoms with Gasteiger partial charge in [-0.15, -0.1) is 11.8 Å². The molecular weight excluding hydrogens is 500 g/mol. The Balaban J connectivity index is 1.25. The molecule has 6 rings (SSSR count). The summed E-state index contributed by atoms with van der Waals surface area (Å²) in [5.41, 5.74) is 5.94. The van der Waals surface area contributed by atoms with Gasteiger partial charge in [0.05, 0.1) is 12.2 Å². The lowest BCUT2D eigenvalue weighted by Gasteiger charge is -2.27. The van der Waals surface area contributed by atoms with Crippen LogP contribution in [-0.2, 0) is 17.1 Å². The highest BCUT2D eigenvalue weighted by atomic mass is 32.2. The minimum Gasteiger partial charge on any atom is -0.489 e. The molecule has 1 saturated heterocycles. The number of fused-ring (bicyclic) bond motifs is 1. The van der Waals surface area contributed by atoms with Crippen molar-refractivity contribution in [2.24, 2.45) is 0 Å². The molecule has 1 fully saturated rings. The molecule has 1 N–H and O–H groups in total. The molecule has 3 nitrogen and oxygen atoms in total. The summed E-state index contributed by atoms with van der Waals surface area (Å²) in [5.74, 6) is 1.75. The molecule has 1 aliphatic heterocycles. The smallest absolute Gasteiger partial charge is 0.120 e. The summed E-state index contributed by atoms with van der Waals surface area (Å²) in [4.78, 5) is 1.27. The lowest BCUT2D eigenvalue weighted by molar-refractivity contribution is -0.0448. The molecule has 5 aromatic rings. The van der Waals surface area contributed by atoms with Crippen LogP contribution < -0.4 is 4.74 Å². The Morgan fingerprint density at radius 1 is 0.795 bits per heavy atom. The third kappa shape index (κ3) is 6.36. The van der Waals surface area contributed by atoms with Crippen LogP contribution in [0.3, 0.4) is 0 Å². The van der Waals surface area contributed by atoms with E-state index in [0.29, 0.717) is 26.1 Å². The normalized spacial score (nSPS) is 17.3. The molecule has 5 aromatic carbocycles. The summed E-state index contributed by atoms with van der Waals surface area (Å²) in [7, 11) is 0. The predicted octanol–water partition coefficient (Wildman–Crippen LogP) is 8.59. The van der Waals surface area contributed by atoms with E-state index in [-0.39, 0.29) is 12.2 Å². The SMILES string of the molecule is OC1CCOC(c2cccc(COc3ccc4c(-c5ccccc5)cc(CSc5ccccc5)cc4c3)c2)C1. The largest absolute Gasteiger partial charge is 0.489 e. The monoisotopic (exact) mass is 532 g/mol. The van der Waals surface area contributed by atoms with Gasteiger partial charge in [-0.2, -0.15) is 0 Å². The van der Waals surface area contributed by atoms with E-state index in [1.54, 1.807) is 0 Å². The van der Waals surface area contributed by atoms with Crippen LogP contribution in [0.2, 0.25) is 0 Å². The Morgan fingerprint density at radius 3 is 2.44 bits per heavy atom. The van der Waals surface area contributed by atoms with E-state index in [9.17, 15) is 5.11 Å². The number of rotatable bonds is 8. The molecule has 39 heavy (non-hydrogen) atoms. The van der Waals surface area contributed by atoms with Gasteiger partial charge in [-0.05, 0) is 81.4 Å². The summed E-state index contributed by atoms with van der Waals surface area (Å²) in [6.45, 7) is 1.07. The van der Waals surface area contributed by atoms with Gasteiger partial charge in [-0.25, -0.2) is 0 Å². The van der Waals surface area contributed by atoms with E-state index in [1.165, 1.54) is 32.4 Å². The van der Waals surface area contributed by atoms with Crippen molar-refractivity contribution in [2.75, 3.05) is 6.61 Å². The Labute approximate surface area is 234 Å². The first-order valence-electron chi connectivity index (χ1n) is 13.5.